The van der Waals surface area contributed by atoms with Gasteiger partial charge in [0.2, 0.25) is 5.91 Å². The lowest BCUT2D eigenvalue weighted by atomic mass is 9.89. The van der Waals surface area contributed by atoms with Gasteiger partial charge in [0.15, 0.2) is 0 Å². The van der Waals surface area contributed by atoms with Crippen LogP contribution in [0.1, 0.15) is 38.0 Å². The van der Waals surface area contributed by atoms with Crippen LogP contribution in [0, 0.1) is 12.8 Å². The topological polar surface area (TPSA) is 45.5 Å². The molecule has 0 radical (unpaired) electrons. The number of amides is 1. The third-order valence-corrected chi connectivity index (χ3v) is 4.20. The van der Waals surface area contributed by atoms with Gasteiger partial charge in [-0.15, -0.1) is 0 Å². The molecule has 19 heavy (non-hydrogen) atoms. The van der Waals surface area contributed by atoms with Crippen LogP contribution in [-0.2, 0) is 11.3 Å². The second kappa shape index (κ2) is 6.24. The van der Waals surface area contributed by atoms with Crippen LogP contribution in [0.3, 0.4) is 0 Å². The molecule has 2 rings (SSSR count). The van der Waals surface area contributed by atoms with E-state index < -0.39 is 0 Å². The molecule has 2 heterocycles. The van der Waals surface area contributed by atoms with Crippen LogP contribution in [0.5, 0.6) is 0 Å². The van der Waals surface area contributed by atoms with E-state index in [1.807, 2.05) is 11.0 Å². The molecular weight excluding hydrogens is 240 g/mol. The van der Waals surface area contributed by atoms with Crippen molar-refractivity contribution in [3.63, 3.8) is 0 Å². The number of hydrogen-bond donors (Lipinski definition) is 1. The van der Waals surface area contributed by atoms with E-state index in [0.717, 1.165) is 38.2 Å². The van der Waals surface area contributed by atoms with Crippen molar-refractivity contribution in [1.29, 1.82) is 0 Å². The largest absolute Gasteiger partial charge is 0.468 e. The maximum Gasteiger partial charge on any atom is 0.219 e. The van der Waals surface area contributed by atoms with E-state index in [-0.39, 0.29) is 5.91 Å². The Labute approximate surface area is 115 Å². The van der Waals surface area contributed by atoms with Gasteiger partial charge in [-0.2, -0.15) is 0 Å². The fraction of sp³-hybridized carbons (Fsp3) is 0.667. The van der Waals surface area contributed by atoms with Gasteiger partial charge in [0.05, 0.1) is 12.8 Å². The summed E-state index contributed by atoms with van der Waals surface area (Å²) in [6.07, 6.45) is 3.86. The summed E-state index contributed by atoms with van der Waals surface area (Å²) in [6.45, 7) is 8.44. The first kappa shape index (κ1) is 14.1. The molecule has 0 saturated carbocycles. The summed E-state index contributed by atoms with van der Waals surface area (Å²) in [6, 6.07) is 2.47. The highest BCUT2D eigenvalue weighted by molar-refractivity contribution is 5.73. The highest BCUT2D eigenvalue weighted by atomic mass is 16.3. The van der Waals surface area contributed by atoms with E-state index in [9.17, 15) is 4.79 Å². The van der Waals surface area contributed by atoms with E-state index >= 15 is 0 Å². The standard InChI is InChI=1S/C15H24N2O2/c1-4-13-10-17(12(3)18)7-5-14(13)16-9-15-11(2)6-8-19-15/h6,8,13-14,16H,4-5,7,9-10H2,1-3H3. The molecule has 1 N–H and O–H groups in total. The Bertz CT molecular complexity index is 428. The highest BCUT2D eigenvalue weighted by Gasteiger charge is 2.28. The Hall–Kier alpha value is -1.29. The Kier molecular flexibility index (Phi) is 4.64. The van der Waals surface area contributed by atoms with E-state index in [4.69, 9.17) is 4.42 Å². The van der Waals surface area contributed by atoms with E-state index in [1.54, 1.807) is 13.2 Å². The molecule has 106 valence electrons. The van der Waals surface area contributed by atoms with Crippen molar-refractivity contribution in [3.05, 3.63) is 23.7 Å². The van der Waals surface area contributed by atoms with Gasteiger partial charge in [0, 0.05) is 26.1 Å². The number of nitrogens with zero attached hydrogens (tertiary/aromatic N) is 1. The van der Waals surface area contributed by atoms with Gasteiger partial charge in [0.25, 0.3) is 0 Å². The van der Waals surface area contributed by atoms with Gasteiger partial charge in [-0.05, 0) is 30.9 Å². The predicted octanol–water partition coefficient (Wildman–Crippen LogP) is 2.32. The molecule has 1 aliphatic rings. The number of carbonyl (C=O) groups excluding carboxylic acids is 1. The summed E-state index contributed by atoms with van der Waals surface area (Å²) in [4.78, 5) is 13.4. The summed E-state index contributed by atoms with van der Waals surface area (Å²) >= 11 is 0. The number of nitrogens with one attached hydrogen (secondary N) is 1. The average Bonchev–Trinajstić information content (AvgIpc) is 2.81. The SMILES string of the molecule is CCC1CN(C(C)=O)CCC1NCc1occc1C. The summed E-state index contributed by atoms with van der Waals surface area (Å²) in [5, 5.41) is 3.59. The first-order valence-electron chi connectivity index (χ1n) is 7.13. The number of likely N-dealkylation sites (tertiary alicyclic amines) is 1. The minimum Gasteiger partial charge on any atom is -0.468 e. The third kappa shape index (κ3) is 3.38. The maximum absolute atomic E-state index is 11.4. The van der Waals surface area contributed by atoms with Crippen molar-refractivity contribution in [2.45, 2.75) is 46.2 Å². The lowest BCUT2D eigenvalue weighted by Crippen LogP contribution is -2.50. The average molecular weight is 264 g/mol. The number of rotatable bonds is 4. The number of hydrogen-bond acceptors (Lipinski definition) is 3. The van der Waals surface area contributed by atoms with E-state index in [0.29, 0.717) is 12.0 Å². The Morgan fingerprint density at radius 2 is 2.37 bits per heavy atom. The van der Waals surface area contributed by atoms with Gasteiger partial charge in [-0.1, -0.05) is 13.3 Å². The first-order chi connectivity index (χ1) is 9.11. The van der Waals surface area contributed by atoms with Crippen LogP contribution in [-0.4, -0.2) is 29.9 Å². The summed E-state index contributed by atoms with van der Waals surface area (Å²) in [7, 11) is 0. The molecule has 0 spiro atoms. The number of piperidine rings is 1. The van der Waals surface area contributed by atoms with Gasteiger partial charge < -0.3 is 14.6 Å². The monoisotopic (exact) mass is 264 g/mol. The van der Waals surface area contributed by atoms with Crippen LogP contribution in [0.25, 0.3) is 0 Å². The molecule has 1 aromatic rings. The van der Waals surface area contributed by atoms with Crippen molar-refractivity contribution >= 4 is 5.91 Å². The van der Waals surface area contributed by atoms with E-state index in [1.165, 1.54) is 5.56 Å². The molecule has 1 fully saturated rings. The van der Waals surface area contributed by atoms with E-state index in [2.05, 4.69) is 19.2 Å². The third-order valence-electron chi connectivity index (χ3n) is 4.20. The zero-order chi connectivity index (χ0) is 13.8. The van der Waals surface area contributed by atoms with Crippen LogP contribution in [0.4, 0.5) is 0 Å². The zero-order valence-electron chi connectivity index (χ0n) is 12.1. The minimum absolute atomic E-state index is 0.193. The second-order valence-electron chi connectivity index (χ2n) is 5.44. The molecule has 4 heteroatoms. The lowest BCUT2D eigenvalue weighted by molar-refractivity contribution is -0.131. The zero-order valence-corrected chi connectivity index (χ0v) is 12.1. The normalized spacial score (nSPS) is 23.6. The number of carbonyl (C=O) groups is 1. The minimum atomic E-state index is 0.193. The lowest BCUT2D eigenvalue weighted by Gasteiger charge is -2.38. The van der Waals surface area contributed by atoms with Crippen molar-refractivity contribution < 1.29 is 9.21 Å². The Balaban J connectivity index is 1.90. The van der Waals surface area contributed by atoms with Crippen LogP contribution >= 0.6 is 0 Å². The molecule has 0 aliphatic carbocycles. The van der Waals surface area contributed by atoms with Gasteiger partial charge in [0.1, 0.15) is 5.76 Å². The highest BCUT2D eigenvalue weighted by Crippen LogP contribution is 2.21. The first-order valence-corrected chi connectivity index (χ1v) is 7.13. The maximum atomic E-state index is 11.4. The van der Waals surface area contributed by atoms with Crippen molar-refractivity contribution in [2.75, 3.05) is 13.1 Å². The van der Waals surface area contributed by atoms with Crippen molar-refractivity contribution in [3.8, 4) is 0 Å². The quantitative estimate of drug-likeness (QED) is 0.907. The molecule has 1 saturated heterocycles. The Morgan fingerprint density at radius 3 is 2.95 bits per heavy atom. The molecule has 4 nitrogen and oxygen atoms in total. The van der Waals surface area contributed by atoms with Crippen LogP contribution in [0.2, 0.25) is 0 Å². The summed E-state index contributed by atoms with van der Waals surface area (Å²) in [5.41, 5.74) is 1.20. The fourth-order valence-corrected chi connectivity index (χ4v) is 2.81. The molecule has 1 aromatic heterocycles. The summed E-state index contributed by atoms with van der Waals surface area (Å²) < 4.78 is 5.46. The van der Waals surface area contributed by atoms with Gasteiger partial charge in [-0.25, -0.2) is 0 Å². The molecular formula is C15H24N2O2. The molecule has 1 amide bonds. The molecule has 2 atom stereocenters. The fourth-order valence-electron chi connectivity index (χ4n) is 2.81. The molecule has 1 aliphatic heterocycles. The molecule has 0 bridgehead atoms. The van der Waals surface area contributed by atoms with Crippen LogP contribution < -0.4 is 5.32 Å². The smallest absolute Gasteiger partial charge is 0.219 e. The van der Waals surface area contributed by atoms with Crippen molar-refractivity contribution in [2.24, 2.45) is 5.92 Å². The number of aryl methyl sites for hydroxylation is 1. The molecule has 2 unspecified atom stereocenters. The summed E-state index contributed by atoms with van der Waals surface area (Å²) in [5.74, 6) is 1.75. The van der Waals surface area contributed by atoms with Crippen LogP contribution in [0.15, 0.2) is 16.7 Å². The second-order valence-corrected chi connectivity index (χ2v) is 5.44. The van der Waals surface area contributed by atoms with Gasteiger partial charge >= 0.3 is 0 Å². The van der Waals surface area contributed by atoms with Gasteiger partial charge in [-0.3, -0.25) is 4.79 Å². The predicted molar refractivity (Wildman–Crippen MR) is 74.7 cm³/mol. The molecule has 0 aromatic carbocycles. The van der Waals surface area contributed by atoms with Crippen molar-refractivity contribution in [1.82, 2.24) is 10.2 Å². The Morgan fingerprint density at radius 1 is 1.58 bits per heavy atom. The number of furan rings is 1.